The quantitative estimate of drug-likeness (QED) is 0.553. The molecule has 1 heteroatoms. The standard InChI is InChI=1S/C6H9.2CH3.Pt/c1-3-5-6-4-2;;;/h1,3-4H,2,5-6H2;2*1H3;. The Morgan fingerprint density at radius 1 is 1.33 bits per heavy atom. The fourth-order valence-corrected chi connectivity index (χ4v) is 1.87. The minimum atomic E-state index is -0.577. The van der Waals surface area contributed by atoms with Gasteiger partial charge in [0.05, 0.1) is 0 Å². The number of hydrogen-bond donors (Lipinski definition) is 0. The average Bonchev–Trinajstić information content (AvgIpc) is 1.80. The fraction of sp³-hybridized carbons (Fsp3) is 0.500. The van der Waals surface area contributed by atoms with Crippen LogP contribution in [0.2, 0.25) is 10.6 Å². The molecule has 0 amide bonds. The van der Waals surface area contributed by atoms with Gasteiger partial charge in [-0.1, -0.05) is 0 Å². The van der Waals surface area contributed by atoms with Crippen LogP contribution in [0.5, 0.6) is 0 Å². The Labute approximate surface area is 64.2 Å². The second-order valence-corrected chi connectivity index (χ2v) is 7.54. The SMILES string of the molecule is C=CCCC=[CH][Pt]([CH3])[CH3]. The Bertz CT molecular complexity index is 92.7. The summed E-state index contributed by atoms with van der Waals surface area (Å²) in [5.41, 5.74) is 0. The van der Waals surface area contributed by atoms with E-state index in [9.17, 15) is 0 Å². The molecule has 0 heterocycles. The van der Waals surface area contributed by atoms with Gasteiger partial charge in [-0.15, -0.1) is 0 Å². The van der Waals surface area contributed by atoms with Gasteiger partial charge >= 0.3 is 64.0 Å². The molecule has 0 aromatic rings. The van der Waals surface area contributed by atoms with E-state index in [1.54, 1.807) is 0 Å². The van der Waals surface area contributed by atoms with Crippen molar-refractivity contribution in [3.63, 3.8) is 0 Å². The Kier molecular flexibility index (Phi) is 6.41. The maximum absolute atomic E-state index is 3.66. The van der Waals surface area contributed by atoms with Gasteiger partial charge in [-0.3, -0.25) is 0 Å². The summed E-state index contributed by atoms with van der Waals surface area (Å²) in [5.74, 6) is 0. The fourth-order valence-electron chi connectivity index (χ4n) is 0.416. The molecule has 0 bridgehead atoms. The summed E-state index contributed by atoms with van der Waals surface area (Å²) in [6.45, 7) is 3.66. The third kappa shape index (κ3) is 8.17. The van der Waals surface area contributed by atoms with E-state index >= 15 is 0 Å². The van der Waals surface area contributed by atoms with Crippen molar-refractivity contribution in [2.45, 2.75) is 23.5 Å². The molecule has 0 aromatic heterocycles. The van der Waals surface area contributed by atoms with Crippen molar-refractivity contribution < 1.29 is 17.3 Å². The van der Waals surface area contributed by atoms with Gasteiger partial charge in [-0.05, 0) is 0 Å². The number of allylic oxidation sites excluding steroid dienone is 2. The number of rotatable bonds is 4. The normalized spacial score (nSPS) is 12.0. The molecule has 0 spiro atoms. The van der Waals surface area contributed by atoms with Crippen molar-refractivity contribution in [2.24, 2.45) is 0 Å². The van der Waals surface area contributed by atoms with E-state index in [-0.39, 0.29) is 0 Å². The van der Waals surface area contributed by atoms with E-state index < -0.39 is 17.3 Å². The van der Waals surface area contributed by atoms with Crippen LogP contribution in [0.1, 0.15) is 12.8 Å². The first-order valence-corrected chi connectivity index (χ1v) is 8.73. The van der Waals surface area contributed by atoms with Crippen molar-refractivity contribution in [2.75, 3.05) is 0 Å². The molecular weight excluding hydrogens is 291 g/mol. The van der Waals surface area contributed by atoms with Crippen LogP contribution in [0.15, 0.2) is 23.2 Å². The van der Waals surface area contributed by atoms with E-state index in [4.69, 9.17) is 0 Å². The predicted molar refractivity (Wildman–Crippen MR) is 40.3 cm³/mol. The molecule has 0 saturated heterocycles. The third-order valence-electron chi connectivity index (χ3n) is 0.823. The molecule has 0 N–H and O–H groups in total. The van der Waals surface area contributed by atoms with Gasteiger partial charge in [-0.2, -0.15) is 0 Å². The van der Waals surface area contributed by atoms with E-state index in [0.717, 1.165) is 6.42 Å². The van der Waals surface area contributed by atoms with E-state index in [0.29, 0.717) is 0 Å². The van der Waals surface area contributed by atoms with Crippen LogP contribution in [0.3, 0.4) is 0 Å². The molecule has 9 heavy (non-hydrogen) atoms. The molecule has 0 saturated carbocycles. The Morgan fingerprint density at radius 3 is 2.44 bits per heavy atom. The predicted octanol–water partition coefficient (Wildman–Crippen LogP) is 3.18. The number of hydrogen-bond acceptors (Lipinski definition) is 0. The molecule has 0 aliphatic carbocycles. The second-order valence-electron chi connectivity index (χ2n) is 1.89. The van der Waals surface area contributed by atoms with Gasteiger partial charge in [0, 0.05) is 0 Å². The van der Waals surface area contributed by atoms with Crippen LogP contribution in [0.4, 0.5) is 0 Å². The van der Waals surface area contributed by atoms with E-state index in [2.05, 4.69) is 27.7 Å². The summed E-state index contributed by atoms with van der Waals surface area (Å²) in [6, 6.07) is 0. The minimum absolute atomic E-state index is 0.577. The average molecular weight is 306 g/mol. The zero-order chi connectivity index (χ0) is 7.11. The maximum atomic E-state index is 3.66. The van der Waals surface area contributed by atoms with E-state index in [1.807, 2.05) is 6.08 Å². The summed E-state index contributed by atoms with van der Waals surface area (Å²) in [4.78, 5) is 0. The Balaban J connectivity index is 3.14. The zero-order valence-corrected chi connectivity index (χ0v) is 8.44. The van der Waals surface area contributed by atoms with Gasteiger partial charge in [0.25, 0.3) is 0 Å². The van der Waals surface area contributed by atoms with Crippen molar-refractivity contribution in [3.8, 4) is 0 Å². The molecule has 0 nitrogen and oxygen atoms in total. The van der Waals surface area contributed by atoms with Crippen molar-refractivity contribution >= 4 is 0 Å². The molecule has 0 fully saturated rings. The van der Waals surface area contributed by atoms with E-state index in [1.165, 1.54) is 6.42 Å². The third-order valence-corrected chi connectivity index (χ3v) is 2.87. The number of unbranched alkanes of at least 4 members (excludes halogenated alkanes) is 1. The molecule has 0 unspecified atom stereocenters. The summed E-state index contributed by atoms with van der Waals surface area (Å²) in [5, 5.41) is 4.68. The van der Waals surface area contributed by atoms with Crippen molar-refractivity contribution in [1.29, 1.82) is 0 Å². The zero-order valence-electron chi connectivity index (χ0n) is 6.17. The molecule has 57 valence electrons. The molecule has 0 aliphatic rings. The van der Waals surface area contributed by atoms with Crippen LogP contribution < -0.4 is 0 Å². The molecule has 0 rings (SSSR count). The summed E-state index contributed by atoms with van der Waals surface area (Å²) >= 11 is -0.577. The monoisotopic (exact) mass is 306 g/mol. The second kappa shape index (κ2) is 6.29. The first kappa shape index (κ1) is 9.17. The van der Waals surface area contributed by atoms with Crippen LogP contribution >= 0.6 is 0 Å². The molecule has 0 aromatic carbocycles. The van der Waals surface area contributed by atoms with Gasteiger partial charge in [0.15, 0.2) is 0 Å². The van der Waals surface area contributed by atoms with Gasteiger partial charge in [0.2, 0.25) is 0 Å². The first-order chi connectivity index (χ1) is 4.27. The van der Waals surface area contributed by atoms with Crippen molar-refractivity contribution in [3.05, 3.63) is 23.2 Å². The summed E-state index contributed by atoms with van der Waals surface area (Å²) in [6.07, 6.45) is 6.56. The van der Waals surface area contributed by atoms with Gasteiger partial charge in [0.1, 0.15) is 0 Å². The Morgan fingerprint density at radius 2 is 2.00 bits per heavy atom. The molecule has 0 atom stereocenters. The van der Waals surface area contributed by atoms with Crippen molar-refractivity contribution in [1.82, 2.24) is 0 Å². The van der Waals surface area contributed by atoms with Crippen LogP contribution in [0.25, 0.3) is 0 Å². The summed E-state index contributed by atoms with van der Waals surface area (Å²) in [7, 11) is 0. The van der Waals surface area contributed by atoms with Crippen LogP contribution in [-0.4, -0.2) is 0 Å². The summed E-state index contributed by atoms with van der Waals surface area (Å²) < 4.78 is 2.38. The Hall–Kier alpha value is 0.168. The topological polar surface area (TPSA) is 0 Å². The van der Waals surface area contributed by atoms with Crippen LogP contribution in [-0.2, 0) is 17.3 Å². The van der Waals surface area contributed by atoms with Gasteiger partial charge in [-0.25, -0.2) is 0 Å². The first-order valence-electron chi connectivity index (χ1n) is 2.87. The molecule has 0 aliphatic heterocycles. The van der Waals surface area contributed by atoms with Crippen LogP contribution in [0, 0.1) is 0 Å². The molecular formula is C8H15Pt. The molecule has 0 radical (unpaired) electrons. The van der Waals surface area contributed by atoms with Gasteiger partial charge < -0.3 is 0 Å².